The quantitative estimate of drug-likeness (QED) is 0.542. The molecule has 11 heavy (non-hydrogen) atoms. The molecule has 0 amide bonds. The first-order valence-electron chi connectivity index (χ1n) is 3.06. The molecule has 0 unspecified atom stereocenters. The van der Waals surface area contributed by atoms with Gasteiger partial charge in [-0.2, -0.15) is 0 Å². The van der Waals surface area contributed by atoms with E-state index in [2.05, 4.69) is 10.3 Å². The Kier molecular flexibility index (Phi) is 2.44. The van der Waals surface area contributed by atoms with Crippen LogP contribution >= 0.6 is 11.6 Å². The highest BCUT2D eigenvalue weighted by Gasteiger charge is 1.99. The van der Waals surface area contributed by atoms with Gasteiger partial charge in [-0.3, -0.25) is 4.79 Å². The molecule has 0 spiro atoms. The Hall–Kier alpha value is -1.09. The summed E-state index contributed by atoms with van der Waals surface area (Å²) in [6, 6.07) is 1.64. The fraction of sp³-hybridized carbons (Fsp3) is 0.143. The van der Waals surface area contributed by atoms with E-state index >= 15 is 0 Å². The summed E-state index contributed by atoms with van der Waals surface area (Å²) in [4.78, 5) is 14.1. The summed E-state index contributed by atoms with van der Waals surface area (Å²) < 4.78 is 0. The molecule has 0 aliphatic rings. The molecule has 0 fully saturated rings. The Morgan fingerprint density at radius 3 is 3.00 bits per heavy atom. The Labute approximate surface area is 69.4 Å². The molecule has 0 bridgehead atoms. The number of aldehydes is 1. The summed E-state index contributed by atoms with van der Waals surface area (Å²) in [6.07, 6.45) is 2.24. The third-order valence-corrected chi connectivity index (χ3v) is 1.60. The van der Waals surface area contributed by atoms with E-state index in [9.17, 15) is 4.79 Å². The van der Waals surface area contributed by atoms with Crippen molar-refractivity contribution in [2.45, 2.75) is 0 Å². The van der Waals surface area contributed by atoms with Crippen LogP contribution in [-0.4, -0.2) is 18.3 Å². The van der Waals surface area contributed by atoms with Gasteiger partial charge in [0.25, 0.3) is 0 Å². The van der Waals surface area contributed by atoms with Gasteiger partial charge in [-0.15, -0.1) is 0 Å². The average molecular weight is 171 g/mol. The first kappa shape index (κ1) is 8.01. The van der Waals surface area contributed by atoms with Crippen molar-refractivity contribution >= 4 is 23.6 Å². The summed E-state index contributed by atoms with van der Waals surface area (Å²) >= 11 is 5.58. The third-order valence-electron chi connectivity index (χ3n) is 1.28. The minimum atomic E-state index is 0.235. The minimum absolute atomic E-state index is 0.235. The van der Waals surface area contributed by atoms with Gasteiger partial charge < -0.3 is 5.32 Å². The van der Waals surface area contributed by atoms with E-state index in [0.29, 0.717) is 11.8 Å². The van der Waals surface area contributed by atoms with Crippen LogP contribution in [0.15, 0.2) is 12.3 Å². The molecule has 0 radical (unpaired) electrons. The largest absolute Gasteiger partial charge is 0.387 e. The number of hydrogen-bond acceptors (Lipinski definition) is 3. The zero-order chi connectivity index (χ0) is 8.27. The van der Waals surface area contributed by atoms with Crippen molar-refractivity contribution in [2.24, 2.45) is 0 Å². The van der Waals surface area contributed by atoms with Crippen LogP contribution in [0.25, 0.3) is 0 Å². The van der Waals surface area contributed by atoms with Crippen LogP contribution in [0.3, 0.4) is 0 Å². The number of anilines is 1. The molecule has 1 rings (SSSR count). The lowest BCUT2D eigenvalue weighted by molar-refractivity contribution is 0.112. The van der Waals surface area contributed by atoms with Crippen LogP contribution in [0.5, 0.6) is 0 Å². The molecular formula is C7H7ClN2O. The summed E-state index contributed by atoms with van der Waals surface area (Å²) in [5.41, 5.74) is 1.18. The van der Waals surface area contributed by atoms with Crippen molar-refractivity contribution in [1.29, 1.82) is 0 Å². The summed E-state index contributed by atoms with van der Waals surface area (Å²) in [6.45, 7) is 0. The Morgan fingerprint density at radius 1 is 1.73 bits per heavy atom. The maximum absolute atomic E-state index is 10.3. The lowest BCUT2D eigenvalue weighted by Crippen LogP contribution is -1.92. The molecule has 0 aliphatic heterocycles. The maximum Gasteiger partial charge on any atom is 0.153 e. The lowest BCUT2D eigenvalue weighted by atomic mass is 10.3. The molecule has 1 heterocycles. The van der Waals surface area contributed by atoms with Gasteiger partial charge in [-0.25, -0.2) is 4.98 Å². The molecule has 1 N–H and O–H groups in total. The maximum atomic E-state index is 10.3. The van der Waals surface area contributed by atoms with Gasteiger partial charge in [0, 0.05) is 7.05 Å². The smallest absolute Gasteiger partial charge is 0.153 e. The summed E-state index contributed by atoms with van der Waals surface area (Å²) in [7, 11) is 1.75. The van der Waals surface area contributed by atoms with Crippen LogP contribution in [0.4, 0.5) is 5.69 Å². The predicted octanol–water partition coefficient (Wildman–Crippen LogP) is 1.59. The van der Waals surface area contributed by atoms with E-state index in [1.54, 1.807) is 19.3 Å². The van der Waals surface area contributed by atoms with Gasteiger partial charge in [0.05, 0.1) is 17.4 Å². The zero-order valence-electron chi connectivity index (χ0n) is 5.97. The van der Waals surface area contributed by atoms with Gasteiger partial charge in [0.1, 0.15) is 5.15 Å². The van der Waals surface area contributed by atoms with Crippen molar-refractivity contribution in [3.63, 3.8) is 0 Å². The summed E-state index contributed by atoms with van der Waals surface area (Å²) in [5.74, 6) is 0. The molecule has 4 heteroatoms. The number of nitrogens with zero attached hydrogens (tertiary/aromatic N) is 1. The van der Waals surface area contributed by atoms with E-state index in [-0.39, 0.29) is 5.15 Å². The molecule has 58 valence electrons. The number of halogens is 1. The van der Waals surface area contributed by atoms with Gasteiger partial charge in [0.15, 0.2) is 6.29 Å². The molecule has 0 saturated heterocycles. The second kappa shape index (κ2) is 3.34. The molecule has 0 saturated carbocycles. The Morgan fingerprint density at radius 2 is 2.45 bits per heavy atom. The van der Waals surface area contributed by atoms with E-state index in [0.717, 1.165) is 5.69 Å². The number of hydrogen-bond donors (Lipinski definition) is 1. The highest BCUT2D eigenvalue weighted by atomic mass is 35.5. The van der Waals surface area contributed by atoms with Gasteiger partial charge >= 0.3 is 0 Å². The van der Waals surface area contributed by atoms with Crippen LogP contribution in [0, 0.1) is 0 Å². The standard InChI is InChI=1S/C7H7ClN2O/c1-9-6-2-5(4-11)7(8)10-3-6/h2-4,9H,1H3. The SMILES string of the molecule is CNc1cnc(Cl)c(C=O)c1. The van der Waals surface area contributed by atoms with E-state index < -0.39 is 0 Å². The first-order valence-corrected chi connectivity index (χ1v) is 3.44. The number of carbonyl (C=O) groups excluding carboxylic acids is 1. The Balaban J connectivity index is 3.12. The molecule has 0 aliphatic carbocycles. The summed E-state index contributed by atoms with van der Waals surface area (Å²) in [5, 5.41) is 3.08. The molecular weight excluding hydrogens is 164 g/mol. The lowest BCUT2D eigenvalue weighted by Gasteiger charge is -1.99. The zero-order valence-corrected chi connectivity index (χ0v) is 6.72. The van der Waals surface area contributed by atoms with Gasteiger partial charge in [-0.05, 0) is 6.07 Å². The number of rotatable bonds is 2. The second-order valence-corrected chi connectivity index (χ2v) is 2.33. The van der Waals surface area contributed by atoms with E-state index in [1.165, 1.54) is 0 Å². The number of aromatic nitrogens is 1. The molecule has 0 aromatic carbocycles. The van der Waals surface area contributed by atoms with Crippen LogP contribution < -0.4 is 5.32 Å². The minimum Gasteiger partial charge on any atom is -0.387 e. The molecule has 1 aromatic heterocycles. The van der Waals surface area contributed by atoms with Crippen LogP contribution in [0.2, 0.25) is 5.15 Å². The van der Waals surface area contributed by atoms with E-state index in [4.69, 9.17) is 11.6 Å². The number of carbonyl (C=O) groups is 1. The monoisotopic (exact) mass is 170 g/mol. The van der Waals surface area contributed by atoms with Crippen molar-refractivity contribution < 1.29 is 4.79 Å². The van der Waals surface area contributed by atoms with E-state index in [1.807, 2.05) is 0 Å². The van der Waals surface area contributed by atoms with Crippen molar-refractivity contribution in [3.05, 3.63) is 23.0 Å². The molecule has 3 nitrogen and oxygen atoms in total. The van der Waals surface area contributed by atoms with Crippen LogP contribution in [0.1, 0.15) is 10.4 Å². The fourth-order valence-corrected chi connectivity index (χ4v) is 0.832. The topological polar surface area (TPSA) is 42.0 Å². The van der Waals surface area contributed by atoms with Gasteiger partial charge in [-0.1, -0.05) is 11.6 Å². The van der Waals surface area contributed by atoms with Crippen molar-refractivity contribution in [2.75, 3.05) is 12.4 Å². The number of nitrogens with one attached hydrogen (secondary N) is 1. The van der Waals surface area contributed by atoms with Gasteiger partial charge in [0.2, 0.25) is 0 Å². The predicted molar refractivity (Wildman–Crippen MR) is 44.2 cm³/mol. The first-order chi connectivity index (χ1) is 5.27. The highest BCUT2D eigenvalue weighted by molar-refractivity contribution is 6.31. The molecule has 0 atom stereocenters. The van der Waals surface area contributed by atoms with Crippen molar-refractivity contribution in [3.8, 4) is 0 Å². The normalized spacial score (nSPS) is 9.27. The second-order valence-electron chi connectivity index (χ2n) is 1.97. The Bertz CT molecular complexity index is 275. The highest BCUT2D eigenvalue weighted by Crippen LogP contribution is 2.14. The third kappa shape index (κ3) is 1.68. The number of pyridine rings is 1. The fourth-order valence-electron chi connectivity index (χ4n) is 0.684. The van der Waals surface area contributed by atoms with Crippen molar-refractivity contribution in [1.82, 2.24) is 4.98 Å². The van der Waals surface area contributed by atoms with Crippen LogP contribution in [-0.2, 0) is 0 Å². The average Bonchev–Trinajstić information content (AvgIpc) is 2.05. The molecule has 1 aromatic rings.